The van der Waals surface area contributed by atoms with Crippen molar-refractivity contribution in [2.75, 3.05) is 28.4 Å². The van der Waals surface area contributed by atoms with E-state index in [1.54, 1.807) is 30.3 Å². The Morgan fingerprint density at radius 1 is 1.00 bits per heavy atom. The molecule has 9 heteroatoms. The number of aliphatic hydroxyl groups is 1. The maximum absolute atomic E-state index is 11.9. The lowest BCUT2D eigenvalue weighted by Crippen LogP contribution is -2.39. The number of nitro groups is 1. The molecule has 2 aromatic rings. The van der Waals surface area contributed by atoms with Crippen molar-refractivity contribution in [1.29, 1.82) is 5.26 Å². The fraction of sp³-hybridized carbons (Fsp3) is 0.519. The number of nitrogens with zero attached hydrogens (tertiary/aromatic N) is 2. The van der Waals surface area contributed by atoms with Crippen LogP contribution in [-0.2, 0) is 11.8 Å². The smallest absolute Gasteiger partial charge is 0.242 e. The van der Waals surface area contributed by atoms with Crippen molar-refractivity contribution >= 4 is 0 Å². The molecule has 0 amide bonds. The van der Waals surface area contributed by atoms with E-state index in [0.717, 1.165) is 5.56 Å². The fourth-order valence-corrected chi connectivity index (χ4v) is 4.54. The minimum absolute atomic E-state index is 0.00770. The van der Waals surface area contributed by atoms with Crippen LogP contribution in [0, 0.1) is 27.4 Å². The van der Waals surface area contributed by atoms with Crippen LogP contribution >= 0.6 is 0 Å². The van der Waals surface area contributed by atoms with E-state index in [4.69, 9.17) is 18.9 Å². The van der Waals surface area contributed by atoms with Crippen LogP contribution in [0.3, 0.4) is 0 Å². The molecule has 36 heavy (non-hydrogen) atoms. The van der Waals surface area contributed by atoms with Gasteiger partial charge in [-0.25, -0.2) is 0 Å². The fourth-order valence-electron chi connectivity index (χ4n) is 4.54. The number of rotatable bonds is 14. The van der Waals surface area contributed by atoms with E-state index in [2.05, 4.69) is 6.07 Å². The van der Waals surface area contributed by atoms with Gasteiger partial charge in [0.25, 0.3) is 0 Å². The Labute approximate surface area is 212 Å². The average Bonchev–Trinajstić information content (AvgIpc) is 2.91. The number of ether oxygens (including phenoxy) is 4. The van der Waals surface area contributed by atoms with Crippen molar-refractivity contribution in [3.05, 3.63) is 57.6 Å². The molecule has 0 fully saturated rings. The third-order valence-corrected chi connectivity index (χ3v) is 6.99. The van der Waals surface area contributed by atoms with E-state index in [9.17, 15) is 20.5 Å². The zero-order valence-electron chi connectivity index (χ0n) is 21.8. The summed E-state index contributed by atoms with van der Waals surface area (Å²) in [5.74, 6) is 1.94. The molecule has 0 aromatic heterocycles. The third kappa shape index (κ3) is 6.18. The van der Waals surface area contributed by atoms with E-state index in [0.29, 0.717) is 35.0 Å². The molecule has 0 saturated heterocycles. The van der Waals surface area contributed by atoms with Gasteiger partial charge in [-0.05, 0) is 54.2 Å². The van der Waals surface area contributed by atoms with Crippen LogP contribution in [0.4, 0.5) is 0 Å². The summed E-state index contributed by atoms with van der Waals surface area (Å²) in [5, 5.41) is 33.2. The Balaban J connectivity index is 2.33. The van der Waals surface area contributed by atoms with Crippen LogP contribution in [0.1, 0.15) is 44.2 Å². The Hall–Kier alpha value is -3.51. The number of hydrogen-bond donors (Lipinski definition) is 1. The third-order valence-electron chi connectivity index (χ3n) is 6.99. The zero-order valence-corrected chi connectivity index (χ0v) is 21.8. The largest absolute Gasteiger partial charge is 0.493 e. The molecule has 9 nitrogen and oxygen atoms in total. The molecule has 2 rings (SSSR count). The summed E-state index contributed by atoms with van der Waals surface area (Å²) in [6, 6.07) is 11.6. The molecule has 0 saturated carbocycles. The summed E-state index contributed by atoms with van der Waals surface area (Å²) in [6.07, 6.45) is -0.225. The average molecular weight is 501 g/mol. The second-order valence-electron chi connectivity index (χ2n) is 8.81. The Bertz CT molecular complexity index is 1070. The molecule has 0 spiro atoms. The lowest BCUT2D eigenvalue weighted by atomic mass is 9.67. The highest BCUT2D eigenvalue weighted by atomic mass is 16.6. The molecule has 4 unspecified atom stereocenters. The monoisotopic (exact) mass is 500 g/mol. The van der Waals surface area contributed by atoms with Crippen molar-refractivity contribution in [1.82, 2.24) is 0 Å². The standard InChI is InChI=1S/C27H36N2O7/c1-7-18(2)27(17-28,20-9-11-24(34-4)26(16-20)36-6)13-12-22(30)21(29(31)32)14-19-8-10-23(33-3)25(15-19)35-5/h8-11,15-16,18,21-22,30H,7,12-14H2,1-6H3. The molecule has 0 aliphatic rings. The number of methoxy groups -OCH3 is 4. The topological polar surface area (TPSA) is 124 Å². The number of benzene rings is 2. The molecule has 4 atom stereocenters. The van der Waals surface area contributed by atoms with Crippen LogP contribution in [0.15, 0.2) is 36.4 Å². The highest BCUT2D eigenvalue weighted by Gasteiger charge is 2.40. The van der Waals surface area contributed by atoms with E-state index in [-0.39, 0.29) is 25.2 Å². The van der Waals surface area contributed by atoms with Gasteiger partial charge in [0, 0.05) is 11.3 Å². The van der Waals surface area contributed by atoms with Gasteiger partial charge in [-0.3, -0.25) is 10.1 Å². The van der Waals surface area contributed by atoms with Gasteiger partial charge in [-0.15, -0.1) is 0 Å². The maximum atomic E-state index is 11.9. The SMILES string of the molecule is CCC(C)C(C#N)(CCC(O)C(Cc1ccc(OC)c(OC)c1)[N+](=O)[O-])c1ccc(OC)c(OC)c1. The van der Waals surface area contributed by atoms with Gasteiger partial charge in [0.15, 0.2) is 23.0 Å². The second-order valence-corrected chi connectivity index (χ2v) is 8.81. The van der Waals surface area contributed by atoms with Crippen LogP contribution in [0.2, 0.25) is 0 Å². The van der Waals surface area contributed by atoms with Crippen LogP contribution < -0.4 is 18.9 Å². The number of nitriles is 1. The van der Waals surface area contributed by atoms with Gasteiger partial charge >= 0.3 is 0 Å². The van der Waals surface area contributed by atoms with Gasteiger partial charge in [-0.2, -0.15) is 5.26 Å². The predicted octanol–water partition coefficient (Wildman–Crippen LogP) is 4.56. The Morgan fingerprint density at radius 3 is 2.06 bits per heavy atom. The summed E-state index contributed by atoms with van der Waals surface area (Å²) in [4.78, 5) is 11.5. The first-order valence-electron chi connectivity index (χ1n) is 11.9. The van der Waals surface area contributed by atoms with E-state index in [1.807, 2.05) is 19.9 Å². The van der Waals surface area contributed by atoms with Crippen LogP contribution in [0.25, 0.3) is 0 Å². The van der Waals surface area contributed by atoms with Crippen LogP contribution in [-0.4, -0.2) is 50.6 Å². The normalized spacial score (nSPS) is 15.1. The van der Waals surface area contributed by atoms with E-state index < -0.39 is 22.5 Å². The van der Waals surface area contributed by atoms with Gasteiger partial charge in [-0.1, -0.05) is 32.4 Å². The van der Waals surface area contributed by atoms with Crippen molar-refractivity contribution < 1.29 is 29.0 Å². The second kappa shape index (κ2) is 13.0. The van der Waals surface area contributed by atoms with Crippen molar-refractivity contribution in [3.8, 4) is 29.1 Å². The molecular formula is C27H36N2O7. The first-order valence-corrected chi connectivity index (χ1v) is 11.9. The van der Waals surface area contributed by atoms with E-state index >= 15 is 0 Å². The molecule has 0 bridgehead atoms. The highest BCUT2D eigenvalue weighted by molar-refractivity contribution is 5.47. The maximum Gasteiger partial charge on any atom is 0.242 e. The molecule has 0 heterocycles. The van der Waals surface area contributed by atoms with Gasteiger partial charge in [0.2, 0.25) is 6.04 Å². The molecular weight excluding hydrogens is 464 g/mol. The zero-order chi connectivity index (χ0) is 26.9. The lowest BCUT2D eigenvalue weighted by molar-refractivity contribution is -0.534. The molecule has 0 aliphatic carbocycles. The summed E-state index contributed by atoms with van der Waals surface area (Å²) in [5.41, 5.74) is 0.392. The number of hydrogen-bond acceptors (Lipinski definition) is 8. The molecule has 2 aromatic carbocycles. The minimum Gasteiger partial charge on any atom is -0.493 e. The summed E-state index contributed by atoms with van der Waals surface area (Å²) < 4.78 is 21.3. The van der Waals surface area contributed by atoms with Crippen molar-refractivity contribution in [3.63, 3.8) is 0 Å². The van der Waals surface area contributed by atoms with Crippen LogP contribution in [0.5, 0.6) is 23.0 Å². The predicted molar refractivity (Wildman–Crippen MR) is 136 cm³/mol. The Morgan fingerprint density at radius 2 is 1.56 bits per heavy atom. The van der Waals surface area contributed by atoms with Crippen molar-refractivity contribution in [2.45, 2.75) is 57.1 Å². The first kappa shape index (κ1) is 28.7. The highest BCUT2D eigenvalue weighted by Crippen LogP contribution is 2.42. The lowest BCUT2D eigenvalue weighted by Gasteiger charge is -2.34. The van der Waals surface area contributed by atoms with Crippen molar-refractivity contribution in [2.24, 2.45) is 5.92 Å². The van der Waals surface area contributed by atoms with Gasteiger partial charge in [0.05, 0.1) is 39.9 Å². The number of aliphatic hydroxyl groups excluding tert-OH is 1. The molecule has 0 radical (unpaired) electrons. The molecule has 0 aliphatic heterocycles. The van der Waals surface area contributed by atoms with Gasteiger partial charge in [0.1, 0.15) is 6.10 Å². The molecule has 1 N–H and O–H groups in total. The van der Waals surface area contributed by atoms with E-state index in [1.165, 1.54) is 28.4 Å². The first-order chi connectivity index (χ1) is 17.2. The summed E-state index contributed by atoms with van der Waals surface area (Å²) >= 11 is 0. The summed E-state index contributed by atoms with van der Waals surface area (Å²) in [7, 11) is 6.07. The Kier molecular flexibility index (Phi) is 10.4. The quantitative estimate of drug-likeness (QED) is 0.296. The molecule has 196 valence electrons. The van der Waals surface area contributed by atoms with Gasteiger partial charge < -0.3 is 24.1 Å². The minimum atomic E-state index is -1.26. The summed E-state index contributed by atoms with van der Waals surface area (Å²) in [6.45, 7) is 3.96.